The first kappa shape index (κ1) is 15.0. The highest BCUT2D eigenvalue weighted by Crippen LogP contribution is 2.30. The number of anilines is 1. The van der Waals surface area contributed by atoms with Crippen molar-refractivity contribution in [1.82, 2.24) is 4.98 Å². The number of nitrogens with zero attached hydrogens (tertiary/aromatic N) is 1. The third-order valence-electron chi connectivity index (χ3n) is 4.88. The van der Waals surface area contributed by atoms with Crippen LogP contribution in [0.5, 0.6) is 0 Å². The molecule has 0 aromatic carbocycles. The van der Waals surface area contributed by atoms with Crippen LogP contribution in [0.3, 0.4) is 0 Å². The van der Waals surface area contributed by atoms with Gasteiger partial charge in [0.2, 0.25) is 5.91 Å². The molecule has 22 heavy (non-hydrogen) atoms. The van der Waals surface area contributed by atoms with Crippen LogP contribution in [-0.4, -0.2) is 22.0 Å². The Balaban J connectivity index is 1.59. The number of carbonyl (C=O) groups excluding carboxylic acids is 1. The van der Waals surface area contributed by atoms with Crippen molar-refractivity contribution in [3.63, 3.8) is 0 Å². The van der Waals surface area contributed by atoms with Gasteiger partial charge in [0.05, 0.1) is 17.8 Å². The molecular weight excluding hydrogens is 280 g/mol. The Morgan fingerprint density at radius 1 is 1.09 bits per heavy atom. The lowest BCUT2D eigenvalue weighted by molar-refractivity contribution is -0.143. The van der Waals surface area contributed by atoms with E-state index < -0.39 is 5.97 Å². The number of pyridine rings is 1. The van der Waals surface area contributed by atoms with Crippen LogP contribution in [0.2, 0.25) is 0 Å². The highest BCUT2D eigenvalue weighted by molar-refractivity contribution is 5.92. The van der Waals surface area contributed by atoms with Crippen LogP contribution in [0.15, 0.2) is 12.3 Å². The second kappa shape index (κ2) is 6.46. The summed E-state index contributed by atoms with van der Waals surface area (Å²) in [6.07, 6.45) is 8.68. The number of hydrogen-bond acceptors (Lipinski definition) is 3. The van der Waals surface area contributed by atoms with Gasteiger partial charge in [-0.1, -0.05) is 0 Å². The fraction of sp³-hybridized carbons (Fsp3) is 0.588. The molecule has 1 saturated carbocycles. The maximum absolute atomic E-state index is 12.3. The number of aryl methyl sites for hydroxylation is 2. The van der Waals surface area contributed by atoms with Crippen LogP contribution in [0.1, 0.15) is 49.8 Å². The first-order valence-corrected chi connectivity index (χ1v) is 8.15. The molecule has 5 nitrogen and oxygen atoms in total. The number of amides is 1. The van der Waals surface area contributed by atoms with Gasteiger partial charge in [-0.3, -0.25) is 14.6 Å². The van der Waals surface area contributed by atoms with E-state index in [1.165, 1.54) is 18.4 Å². The predicted molar refractivity (Wildman–Crippen MR) is 82.6 cm³/mol. The zero-order valence-corrected chi connectivity index (χ0v) is 12.7. The van der Waals surface area contributed by atoms with Gasteiger partial charge in [-0.2, -0.15) is 0 Å². The predicted octanol–water partition coefficient (Wildman–Crippen LogP) is 2.79. The standard InChI is InChI=1S/C17H22N2O3/c20-16(11-5-7-12(8-6-11)17(21)22)19-14-9-13-3-1-2-4-15(13)18-10-14/h9-12H,1-8H2,(H,19,20)(H,21,22). The molecule has 1 fully saturated rings. The van der Waals surface area contributed by atoms with Gasteiger partial charge in [0.25, 0.3) is 0 Å². The van der Waals surface area contributed by atoms with Crippen LogP contribution in [-0.2, 0) is 22.4 Å². The summed E-state index contributed by atoms with van der Waals surface area (Å²) in [7, 11) is 0. The number of aromatic nitrogens is 1. The van der Waals surface area contributed by atoms with E-state index in [2.05, 4.69) is 10.3 Å². The minimum atomic E-state index is -0.738. The first-order chi connectivity index (χ1) is 10.6. The van der Waals surface area contributed by atoms with E-state index in [-0.39, 0.29) is 17.7 Å². The van der Waals surface area contributed by atoms with E-state index in [9.17, 15) is 9.59 Å². The third kappa shape index (κ3) is 3.29. The summed E-state index contributed by atoms with van der Waals surface area (Å²) in [6.45, 7) is 0. The molecule has 2 N–H and O–H groups in total. The Morgan fingerprint density at radius 3 is 2.50 bits per heavy atom. The molecule has 2 aliphatic rings. The Bertz CT molecular complexity index is 577. The molecular formula is C17H22N2O3. The molecule has 0 atom stereocenters. The van der Waals surface area contributed by atoms with Crippen molar-refractivity contribution in [2.75, 3.05) is 5.32 Å². The summed E-state index contributed by atoms with van der Waals surface area (Å²) in [6, 6.07) is 2.04. The maximum Gasteiger partial charge on any atom is 0.306 e. The molecule has 1 heterocycles. The summed E-state index contributed by atoms with van der Waals surface area (Å²) >= 11 is 0. The molecule has 1 aromatic rings. The van der Waals surface area contributed by atoms with Crippen LogP contribution >= 0.6 is 0 Å². The van der Waals surface area contributed by atoms with Gasteiger partial charge >= 0.3 is 5.97 Å². The second-order valence-corrected chi connectivity index (χ2v) is 6.41. The third-order valence-corrected chi connectivity index (χ3v) is 4.88. The Hall–Kier alpha value is -1.91. The molecule has 5 heteroatoms. The van der Waals surface area contributed by atoms with Gasteiger partial charge in [-0.05, 0) is 63.0 Å². The zero-order chi connectivity index (χ0) is 15.5. The van der Waals surface area contributed by atoms with Gasteiger partial charge in [-0.15, -0.1) is 0 Å². The van der Waals surface area contributed by atoms with Gasteiger partial charge in [0.1, 0.15) is 0 Å². The van der Waals surface area contributed by atoms with E-state index in [1.54, 1.807) is 6.20 Å². The Labute approximate surface area is 130 Å². The molecule has 2 aliphatic carbocycles. The Morgan fingerprint density at radius 2 is 1.77 bits per heavy atom. The molecule has 0 spiro atoms. The molecule has 0 saturated heterocycles. The number of fused-ring (bicyclic) bond motifs is 1. The van der Waals surface area contributed by atoms with Crippen LogP contribution in [0, 0.1) is 11.8 Å². The van der Waals surface area contributed by atoms with E-state index >= 15 is 0 Å². The van der Waals surface area contributed by atoms with Crippen molar-refractivity contribution in [2.45, 2.75) is 51.4 Å². The number of nitrogens with one attached hydrogen (secondary N) is 1. The smallest absolute Gasteiger partial charge is 0.306 e. The van der Waals surface area contributed by atoms with E-state index in [0.717, 1.165) is 24.2 Å². The van der Waals surface area contributed by atoms with Crippen molar-refractivity contribution in [3.8, 4) is 0 Å². The normalized spacial score (nSPS) is 24.4. The number of hydrogen-bond donors (Lipinski definition) is 2. The maximum atomic E-state index is 12.3. The first-order valence-electron chi connectivity index (χ1n) is 8.15. The van der Waals surface area contributed by atoms with Gasteiger partial charge in [-0.25, -0.2) is 0 Å². The summed E-state index contributed by atoms with van der Waals surface area (Å²) < 4.78 is 0. The Kier molecular flexibility index (Phi) is 4.41. The van der Waals surface area contributed by atoms with E-state index in [0.29, 0.717) is 25.7 Å². The summed E-state index contributed by atoms with van der Waals surface area (Å²) in [5.74, 6) is -1.10. The second-order valence-electron chi connectivity index (χ2n) is 6.41. The monoisotopic (exact) mass is 302 g/mol. The van der Waals surface area contributed by atoms with E-state index in [4.69, 9.17) is 5.11 Å². The molecule has 3 rings (SSSR count). The summed E-state index contributed by atoms with van der Waals surface area (Å²) in [5, 5.41) is 12.0. The fourth-order valence-corrected chi connectivity index (χ4v) is 3.50. The molecule has 0 bridgehead atoms. The fourth-order valence-electron chi connectivity index (χ4n) is 3.50. The number of rotatable bonds is 3. The van der Waals surface area contributed by atoms with Crippen molar-refractivity contribution in [3.05, 3.63) is 23.5 Å². The average molecular weight is 302 g/mol. The average Bonchev–Trinajstić information content (AvgIpc) is 2.55. The number of carbonyl (C=O) groups is 2. The highest BCUT2D eigenvalue weighted by Gasteiger charge is 2.29. The molecule has 0 unspecified atom stereocenters. The van der Waals surface area contributed by atoms with E-state index in [1.807, 2.05) is 6.07 Å². The largest absolute Gasteiger partial charge is 0.481 e. The number of carboxylic acids is 1. The minimum absolute atomic E-state index is 0.00129. The zero-order valence-electron chi connectivity index (χ0n) is 12.7. The SMILES string of the molecule is O=C(O)C1CCC(C(=O)Nc2cnc3c(c2)CCCC3)CC1. The van der Waals surface area contributed by atoms with Crippen molar-refractivity contribution < 1.29 is 14.7 Å². The van der Waals surface area contributed by atoms with Crippen LogP contribution < -0.4 is 5.32 Å². The molecule has 1 amide bonds. The molecule has 1 aromatic heterocycles. The van der Waals surface area contributed by atoms with Crippen LogP contribution in [0.4, 0.5) is 5.69 Å². The topological polar surface area (TPSA) is 79.3 Å². The van der Waals surface area contributed by atoms with Crippen molar-refractivity contribution in [2.24, 2.45) is 11.8 Å². The molecule has 0 radical (unpaired) electrons. The van der Waals surface area contributed by atoms with Gasteiger partial charge < -0.3 is 10.4 Å². The minimum Gasteiger partial charge on any atom is -0.481 e. The number of carboxylic acid groups (broad SMARTS) is 1. The number of aliphatic carboxylic acids is 1. The lowest BCUT2D eigenvalue weighted by atomic mass is 9.81. The lowest BCUT2D eigenvalue weighted by Crippen LogP contribution is -2.29. The summed E-state index contributed by atoms with van der Waals surface area (Å²) in [5.41, 5.74) is 3.18. The highest BCUT2D eigenvalue weighted by atomic mass is 16.4. The van der Waals surface area contributed by atoms with Gasteiger partial charge in [0.15, 0.2) is 0 Å². The van der Waals surface area contributed by atoms with Crippen LogP contribution in [0.25, 0.3) is 0 Å². The molecule has 0 aliphatic heterocycles. The van der Waals surface area contributed by atoms with Crippen molar-refractivity contribution >= 4 is 17.6 Å². The van der Waals surface area contributed by atoms with Gasteiger partial charge in [0, 0.05) is 11.6 Å². The lowest BCUT2D eigenvalue weighted by Gasteiger charge is -2.25. The quantitative estimate of drug-likeness (QED) is 0.900. The molecule has 118 valence electrons. The summed E-state index contributed by atoms with van der Waals surface area (Å²) in [4.78, 5) is 27.7. The van der Waals surface area contributed by atoms with Crippen molar-refractivity contribution in [1.29, 1.82) is 0 Å².